The van der Waals surface area contributed by atoms with Gasteiger partial charge in [0.1, 0.15) is 6.61 Å². The van der Waals surface area contributed by atoms with Crippen molar-refractivity contribution in [3.05, 3.63) is 86.9 Å². The molecule has 3 aromatic rings. The number of carbonyl (C=O) groups excluding carboxylic acids is 2. The molecule has 1 aliphatic rings. The highest BCUT2D eigenvalue weighted by atomic mass is 127. The molecule has 1 saturated heterocycles. The van der Waals surface area contributed by atoms with Crippen LogP contribution in [0.1, 0.15) is 18.1 Å². The number of halogens is 1. The minimum atomic E-state index is -0.311. The third-order valence-corrected chi connectivity index (χ3v) is 6.72. The molecular formula is C26H22INO4S. The summed E-state index contributed by atoms with van der Waals surface area (Å²) in [6, 6.07) is 18.2. The van der Waals surface area contributed by atoms with Crippen LogP contribution in [0.4, 0.5) is 4.79 Å². The second kappa shape index (κ2) is 10.4. The summed E-state index contributed by atoms with van der Waals surface area (Å²) in [5.74, 6) is 0.943. The minimum absolute atomic E-state index is 0.200. The van der Waals surface area contributed by atoms with Gasteiger partial charge in [0, 0.05) is 6.54 Å². The van der Waals surface area contributed by atoms with Gasteiger partial charge < -0.3 is 9.47 Å². The van der Waals surface area contributed by atoms with E-state index in [1.165, 1.54) is 21.7 Å². The van der Waals surface area contributed by atoms with Crippen LogP contribution in [-0.2, 0) is 11.4 Å². The predicted octanol–water partition coefficient (Wildman–Crippen LogP) is 6.64. The first kappa shape index (κ1) is 23.4. The molecule has 0 bridgehead atoms. The molecule has 168 valence electrons. The van der Waals surface area contributed by atoms with Crippen molar-refractivity contribution in [2.45, 2.75) is 13.5 Å². The van der Waals surface area contributed by atoms with Crippen molar-refractivity contribution < 1.29 is 19.1 Å². The Hall–Kier alpha value is -2.78. The maximum Gasteiger partial charge on any atom is 0.293 e. The molecule has 0 aromatic heterocycles. The molecule has 7 heteroatoms. The van der Waals surface area contributed by atoms with Crippen LogP contribution in [0.15, 0.2) is 72.2 Å². The Balaban J connectivity index is 1.58. The van der Waals surface area contributed by atoms with E-state index in [2.05, 4.69) is 59.5 Å². The summed E-state index contributed by atoms with van der Waals surface area (Å²) in [5, 5.41) is 2.06. The first-order valence-electron chi connectivity index (χ1n) is 10.4. The molecule has 0 N–H and O–H groups in total. The molecule has 1 fully saturated rings. The van der Waals surface area contributed by atoms with E-state index in [9.17, 15) is 9.59 Å². The number of nitrogens with zero attached hydrogens (tertiary/aromatic N) is 1. The first-order chi connectivity index (χ1) is 16.0. The van der Waals surface area contributed by atoms with Gasteiger partial charge in [-0.15, -0.1) is 6.58 Å². The zero-order valence-electron chi connectivity index (χ0n) is 18.0. The summed E-state index contributed by atoms with van der Waals surface area (Å²) < 4.78 is 12.9. The number of amides is 2. The lowest BCUT2D eigenvalue weighted by Crippen LogP contribution is -2.27. The number of carbonyl (C=O) groups is 2. The fourth-order valence-corrected chi connectivity index (χ4v) is 5.13. The van der Waals surface area contributed by atoms with Gasteiger partial charge in [-0.05, 0) is 87.5 Å². The molecule has 1 heterocycles. The van der Waals surface area contributed by atoms with Gasteiger partial charge in [-0.1, -0.05) is 42.5 Å². The Labute approximate surface area is 210 Å². The quantitative estimate of drug-likeness (QED) is 0.172. The third-order valence-electron chi connectivity index (χ3n) is 5.01. The molecule has 0 unspecified atom stereocenters. The summed E-state index contributed by atoms with van der Waals surface area (Å²) in [5.41, 5.74) is 1.83. The summed E-state index contributed by atoms with van der Waals surface area (Å²) >= 11 is 3.14. The number of imide groups is 1. The largest absolute Gasteiger partial charge is 0.490 e. The van der Waals surface area contributed by atoms with Crippen molar-refractivity contribution in [1.29, 1.82) is 0 Å². The lowest BCUT2D eigenvalue weighted by atomic mass is 10.1. The van der Waals surface area contributed by atoms with Crippen LogP contribution in [0.2, 0.25) is 0 Å². The van der Waals surface area contributed by atoms with Gasteiger partial charge in [0.25, 0.3) is 11.1 Å². The number of rotatable bonds is 8. The van der Waals surface area contributed by atoms with Gasteiger partial charge in [0.05, 0.1) is 15.1 Å². The molecule has 5 nitrogen and oxygen atoms in total. The smallest absolute Gasteiger partial charge is 0.293 e. The van der Waals surface area contributed by atoms with Gasteiger partial charge in [-0.2, -0.15) is 0 Å². The summed E-state index contributed by atoms with van der Waals surface area (Å²) in [6.07, 6.45) is 3.25. The molecule has 33 heavy (non-hydrogen) atoms. The van der Waals surface area contributed by atoms with E-state index in [4.69, 9.17) is 9.47 Å². The van der Waals surface area contributed by atoms with Crippen LogP contribution in [0.5, 0.6) is 11.5 Å². The fraction of sp³-hybridized carbons (Fsp3) is 0.154. The van der Waals surface area contributed by atoms with Gasteiger partial charge in [0.15, 0.2) is 11.5 Å². The molecule has 2 amide bonds. The second-order valence-electron chi connectivity index (χ2n) is 7.31. The van der Waals surface area contributed by atoms with Crippen LogP contribution in [0.3, 0.4) is 0 Å². The lowest BCUT2D eigenvalue weighted by molar-refractivity contribution is -0.122. The highest BCUT2D eigenvalue weighted by molar-refractivity contribution is 14.1. The second-order valence-corrected chi connectivity index (χ2v) is 9.47. The van der Waals surface area contributed by atoms with Crippen molar-refractivity contribution in [3.8, 4) is 11.5 Å². The topological polar surface area (TPSA) is 55.8 Å². The minimum Gasteiger partial charge on any atom is -0.490 e. The Kier molecular flexibility index (Phi) is 7.39. The van der Waals surface area contributed by atoms with E-state index < -0.39 is 0 Å². The van der Waals surface area contributed by atoms with Crippen molar-refractivity contribution >= 4 is 62.3 Å². The molecule has 0 radical (unpaired) electrons. The third kappa shape index (κ3) is 5.25. The molecule has 3 aromatic carbocycles. The highest BCUT2D eigenvalue weighted by Gasteiger charge is 2.34. The number of thioether (sulfide) groups is 1. The summed E-state index contributed by atoms with van der Waals surface area (Å²) in [6.45, 7) is 6.59. The molecular weight excluding hydrogens is 549 g/mol. The first-order valence-corrected chi connectivity index (χ1v) is 12.3. The van der Waals surface area contributed by atoms with Gasteiger partial charge in [-0.25, -0.2) is 0 Å². The monoisotopic (exact) mass is 571 g/mol. The molecule has 1 aliphatic heterocycles. The van der Waals surface area contributed by atoms with Gasteiger partial charge >= 0.3 is 0 Å². The van der Waals surface area contributed by atoms with Crippen LogP contribution < -0.4 is 9.47 Å². The zero-order valence-corrected chi connectivity index (χ0v) is 21.0. The maximum absolute atomic E-state index is 12.5. The summed E-state index contributed by atoms with van der Waals surface area (Å²) in [4.78, 5) is 26.2. The Morgan fingerprint density at radius 2 is 1.85 bits per heavy atom. The van der Waals surface area contributed by atoms with E-state index >= 15 is 0 Å². The lowest BCUT2D eigenvalue weighted by Gasteiger charge is -2.15. The van der Waals surface area contributed by atoms with Gasteiger partial charge in [0.2, 0.25) is 0 Å². The number of fused-ring (bicyclic) bond motifs is 1. The number of benzene rings is 3. The molecule has 0 saturated carbocycles. The Morgan fingerprint density at radius 3 is 2.61 bits per heavy atom. The molecule has 0 aliphatic carbocycles. The zero-order chi connectivity index (χ0) is 23.4. The van der Waals surface area contributed by atoms with Gasteiger partial charge in [-0.3, -0.25) is 14.5 Å². The van der Waals surface area contributed by atoms with E-state index in [0.29, 0.717) is 29.6 Å². The van der Waals surface area contributed by atoms with Crippen molar-refractivity contribution in [2.24, 2.45) is 0 Å². The van der Waals surface area contributed by atoms with Crippen LogP contribution in [-0.4, -0.2) is 29.2 Å². The molecule has 4 rings (SSSR count). The fourth-order valence-electron chi connectivity index (χ4n) is 3.50. The number of hydrogen-bond acceptors (Lipinski definition) is 5. The average molecular weight is 571 g/mol. The molecule has 0 atom stereocenters. The van der Waals surface area contributed by atoms with Crippen molar-refractivity contribution in [2.75, 3.05) is 13.2 Å². The molecule has 0 spiro atoms. The van der Waals surface area contributed by atoms with E-state index in [1.807, 2.05) is 31.2 Å². The van der Waals surface area contributed by atoms with Crippen molar-refractivity contribution in [3.63, 3.8) is 0 Å². The Bertz CT molecular complexity index is 1270. The van der Waals surface area contributed by atoms with Crippen molar-refractivity contribution in [1.82, 2.24) is 4.90 Å². The average Bonchev–Trinajstić information content (AvgIpc) is 3.06. The van der Waals surface area contributed by atoms with Crippen LogP contribution >= 0.6 is 34.4 Å². The Morgan fingerprint density at radius 1 is 1.06 bits per heavy atom. The van der Waals surface area contributed by atoms with E-state index in [0.717, 1.165) is 26.5 Å². The van der Waals surface area contributed by atoms with E-state index in [1.54, 1.807) is 6.08 Å². The standard InChI is InChI=1S/C26H22INO4S/c1-3-11-28-25(29)23(33-26(28)30)15-18-13-21(27)24(22(14-18)31-4-2)32-16-17-9-10-19-7-5-6-8-20(19)12-17/h3,5-10,12-15H,1,4,11,16H2,2H3/b23-15+. The highest BCUT2D eigenvalue weighted by Crippen LogP contribution is 2.38. The number of ether oxygens (including phenoxy) is 2. The SMILES string of the molecule is C=CCN1C(=O)S/C(=C/c2cc(I)c(OCc3ccc4ccccc4c3)c(OCC)c2)C1=O. The summed E-state index contributed by atoms with van der Waals surface area (Å²) in [7, 11) is 0. The van der Waals surface area contributed by atoms with Crippen LogP contribution in [0.25, 0.3) is 16.8 Å². The normalized spacial score (nSPS) is 14.8. The predicted molar refractivity (Wildman–Crippen MR) is 141 cm³/mol. The van der Waals surface area contributed by atoms with Crippen LogP contribution in [0, 0.1) is 3.57 Å². The number of hydrogen-bond donors (Lipinski definition) is 0. The maximum atomic E-state index is 12.5. The van der Waals surface area contributed by atoms with E-state index in [-0.39, 0.29) is 17.7 Å².